The van der Waals surface area contributed by atoms with Crippen LogP contribution in [0.25, 0.3) is 0 Å². The summed E-state index contributed by atoms with van der Waals surface area (Å²) >= 11 is 0. The molecule has 0 radical (unpaired) electrons. The van der Waals surface area contributed by atoms with E-state index in [9.17, 15) is 14.4 Å². The summed E-state index contributed by atoms with van der Waals surface area (Å²) in [5.41, 5.74) is 0. The first kappa shape index (κ1) is 17.2. The third-order valence-electron chi connectivity index (χ3n) is 2.52. The molecule has 0 N–H and O–H groups in total. The average Bonchev–Trinajstić information content (AvgIpc) is 2.67. The van der Waals surface area contributed by atoms with E-state index in [-0.39, 0.29) is 19.3 Å². The van der Waals surface area contributed by atoms with Gasteiger partial charge in [0.05, 0.1) is 12.7 Å². The summed E-state index contributed by atoms with van der Waals surface area (Å²) in [7, 11) is 0. The number of hydrogen-bond acceptors (Lipinski definition) is 8. The normalized spacial score (nSPS) is 24.5. The highest BCUT2D eigenvalue weighted by atomic mass is 16.7. The van der Waals surface area contributed by atoms with Gasteiger partial charge < -0.3 is 23.7 Å². The fourth-order valence-corrected chi connectivity index (χ4v) is 1.82. The highest BCUT2D eigenvalue weighted by Gasteiger charge is 2.42. The molecule has 0 aromatic carbocycles. The lowest BCUT2D eigenvalue weighted by Crippen LogP contribution is -2.39. The van der Waals surface area contributed by atoms with Crippen LogP contribution < -0.4 is 0 Å². The van der Waals surface area contributed by atoms with Crippen molar-refractivity contribution in [2.24, 2.45) is 0 Å². The van der Waals surface area contributed by atoms with Crippen LogP contribution in [0, 0.1) is 0 Å². The molecule has 0 bridgehead atoms. The predicted octanol–water partition coefficient (Wildman–Crippen LogP) is 0.810. The van der Waals surface area contributed by atoms with E-state index in [0.717, 1.165) is 0 Å². The lowest BCUT2D eigenvalue weighted by Gasteiger charge is -2.22. The summed E-state index contributed by atoms with van der Waals surface area (Å²) < 4.78 is 25.1. The van der Waals surface area contributed by atoms with Gasteiger partial charge >= 0.3 is 18.1 Å². The molecular weight excluding hydrogens is 284 g/mol. The summed E-state index contributed by atoms with van der Waals surface area (Å²) in [6.45, 7) is 5.74. The largest absolute Gasteiger partial charge is 0.508 e. The molecule has 0 saturated carbocycles. The second kappa shape index (κ2) is 7.82. The Labute approximate surface area is 122 Å². The Balaban J connectivity index is 2.56. The molecule has 1 heterocycles. The van der Waals surface area contributed by atoms with Crippen molar-refractivity contribution in [1.29, 1.82) is 0 Å². The molecule has 1 fully saturated rings. The second-order valence-corrected chi connectivity index (χ2v) is 4.82. The van der Waals surface area contributed by atoms with E-state index in [1.807, 2.05) is 0 Å². The maximum atomic E-state index is 11.3. The van der Waals surface area contributed by atoms with Crippen LogP contribution in [-0.4, -0.2) is 55.7 Å². The number of rotatable bonds is 5. The summed E-state index contributed by atoms with van der Waals surface area (Å²) in [6, 6.07) is 0. The quantitative estimate of drug-likeness (QED) is 0.543. The summed E-state index contributed by atoms with van der Waals surface area (Å²) in [6.07, 6.45) is -3.40. The Hall–Kier alpha value is -1.83. The molecule has 8 heteroatoms. The summed E-state index contributed by atoms with van der Waals surface area (Å²) in [5.74, 6) is -1.06. The van der Waals surface area contributed by atoms with Crippen LogP contribution in [0.5, 0.6) is 0 Å². The number of ether oxygens (including phenoxy) is 5. The first-order chi connectivity index (χ1) is 9.79. The smallest absolute Gasteiger partial charge is 0.456 e. The van der Waals surface area contributed by atoms with Gasteiger partial charge in [-0.25, -0.2) is 4.79 Å². The van der Waals surface area contributed by atoms with Crippen LogP contribution in [0.4, 0.5) is 4.79 Å². The van der Waals surface area contributed by atoms with E-state index in [0.29, 0.717) is 0 Å². The predicted molar refractivity (Wildman–Crippen MR) is 68.4 cm³/mol. The summed E-state index contributed by atoms with van der Waals surface area (Å²) in [5, 5.41) is 0. The Bertz CT molecular complexity index is 392. The zero-order valence-corrected chi connectivity index (χ0v) is 12.5. The molecule has 0 aliphatic carbocycles. The molecule has 0 aromatic heterocycles. The SMILES string of the molecule is CC(=O)O[C@@H]1[C@@H](OC(C)=O)CO[C@@H]1COC(=O)OC(C)C. The van der Waals surface area contributed by atoms with Gasteiger partial charge in [0.1, 0.15) is 12.7 Å². The number of carbonyl (C=O) groups is 3. The van der Waals surface area contributed by atoms with Gasteiger partial charge in [-0.15, -0.1) is 0 Å². The second-order valence-electron chi connectivity index (χ2n) is 4.82. The van der Waals surface area contributed by atoms with Gasteiger partial charge in [0.15, 0.2) is 12.2 Å². The van der Waals surface area contributed by atoms with Crippen LogP contribution in [0.2, 0.25) is 0 Å². The molecule has 0 unspecified atom stereocenters. The van der Waals surface area contributed by atoms with Crippen LogP contribution in [0.15, 0.2) is 0 Å². The van der Waals surface area contributed by atoms with Crippen LogP contribution in [0.1, 0.15) is 27.7 Å². The van der Waals surface area contributed by atoms with Crippen molar-refractivity contribution in [1.82, 2.24) is 0 Å². The number of esters is 2. The highest BCUT2D eigenvalue weighted by Crippen LogP contribution is 2.21. The van der Waals surface area contributed by atoms with Gasteiger partial charge in [-0.3, -0.25) is 9.59 Å². The average molecular weight is 304 g/mol. The minimum atomic E-state index is -0.842. The number of carbonyl (C=O) groups excluding carboxylic acids is 3. The van der Waals surface area contributed by atoms with E-state index < -0.39 is 36.4 Å². The van der Waals surface area contributed by atoms with Crippen molar-refractivity contribution in [3.8, 4) is 0 Å². The number of hydrogen-bond donors (Lipinski definition) is 0. The molecule has 1 aliphatic heterocycles. The molecular formula is C13H20O8. The van der Waals surface area contributed by atoms with Crippen molar-refractivity contribution in [3.05, 3.63) is 0 Å². The first-order valence-electron chi connectivity index (χ1n) is 6.59. The standard InChI is InChI=1S/C13H20O8/c1-7(2)19-13(16)18-5-10-12(21-9(4)15)11(6-17-10)20-8(3)14/h7,10-12H,5-6H2,1-4H3/t10-,11+,12+/m1/s1. The third-order valence-corrected chi connectivity index (χ3v) is 2.52. The fourth-order valence-electron chi connectivity index (χ4n) is 1.82. The van der Waals surface area contributed by atoms with E-state index in [4.69, 9.17) is 23.7 Å². The lowest BCUT2D eigenvalue weighted by atomic mass is 10.1. The third kappa shape index (κ3) is 5.99. The Morgan fingerprint density at radius 2 is 1.76 bits per heavy atom. The minimum Gasteiger partial charge on any atom is -0.456 e. The molecule has 0 aromatic rings. The van der Waals surface area contributed by atoms with E-state index in [2.05, 4.69) is 0 Å². The molecule has 1 saturated heterocycles. The van der Waals surface area contributed by atoms with Gasteiger partial charge in [-0.2, -0.15) is 0 Å². The molecule has 8 nitrogen and oxygen atoms in total. The zero-order valence-electron chi connectivity index (χ0n) is 12.5. The fraction of sp³-hybridized carbons (Fsp3) is 0.769. The topological polar surface area (TPSA) is 97.4 Å². The van der Waals surface area contributed by atoms with Crippen molar-refractivity contribution in [2.75, 3.05) is 13.2 Å². The minimum absolute atomic E-state index is 0.0603. The Kier molecular flexibility index (Phi) is 6.41. The van der Waals surface area contributed by atoms with Crippen LogP contribution in [0.3, 0.4) is 0 Å². The maximum Gasteiger partial charge on any atom is 0.508 e. The van der Waals surface area contributed by atoms with Gasteiger partial charge in [-0.1, -0.05) is 0 Å². The lowest BCUT2D eigenvalue weighted by molar-refractivity contribution is -0.163. The molecule has 0 amide bonds. The molecule has 21 heavy (non-hydrogen) atoms. The Morgan fingerprint density at radius 3 is 2.29 bits per heavy atom. The molecule has 3 atom stereocenters. The van der Waals surface area contributed by atoms with Crippen molar-refractivity contribution in [3.63, 3.8) is 0 Å². The van der Waals surface area contributed by atoms with Crippen molar-refractivity contribution < 1.29 is 38.1 Å². The zero-order chi connectivity index (χ0) is 16.0. The monoisotopic (exact) mass is 304 g/mol. The molecule has 120 valence electrons. The van der Waals surface area contributed by atoms with E-state index in [1.165, 1.54) is 13.8 Å². The van der Waals surface area contributed by atoms with Crippen LogP contribution >= 0.6 is 0 Å². The van der Waals surface area contributed by atoms with Crippen molar-refractivity contribution >= 4 is 18.1 Å². The molecule has 0 spiro atoms. The van der Waals surface area contributed by atoms with Gasteiger partial charge in [0.25, 0.3) is 0 Å². The Morgan fingerprint density at radius 1 is 1.14 bits per heavy atom. The molecule has 1 rings (SSSR count). The maximum absolute atomic E-state index is 11.3. The highest BCUT2D eigenvalue weighted by molar-refractivity contribution is 5.67. The van der Waals surface area contributed by atoms with Crippen molar-refractivity contribution in [2.45, 2.75) is 52.1 Å². The van der Waals surface area contributed by atoms with Gasteiger partial charge in [0, 0.05) is 13.8 Å². The van der Waals surface area contributed by atoms with Crippen LogP contribution in [-0.2, 0) is 33.3 Å². The molecule has 1 aliphatic rings. The van der Waals surface area contributed by atoms with Gasteiger partial charge in [-0.05, 0) is 13.8 Å². The summed E-state index contributed by atoms with van der Waals surface area (Å²) in [4.78, 5) is 33.4. The van der Waals surface area contributed by atoms with Gasteiger partial charge in [0.2, 0.25) is 0 Å². The first-order valence-corrected chi connectivity index (χ1v) is 6.59. The van der Waals surface area contributed by atoms with E-state index >= 15 is 0 Å². The van der Waals surface area contributed by atoms with E-state index in [1.54, 1.807) is 13.8 Å².